The van der Waals surface area contributed by atoms with Gasteiger partial charge in [-0.3, -0.25) is 0 Å². The largest absolute Gasteiger partial charge is 0.338 e. The molecule has 0 radical (unpaired) electrons. The zero-order valence-electron chi connectivity index (χ0n) is 12.6. The van der Waals surface area contributed by atoms with Gasteiger partial charge in [-0.1, -0.05) is 28.9 Å². The van der Waals surface area contributed by atoms with E-state index >= 15 is 0 Å². The molecular formula is C15H20N4O2. The summed E-state index contributed by atoms with van der Waals surface area (Å²) >= 11 is 0. The Labute approximate surface area is 124 Å². The van der Waals surface area contributed by atoms with Gasteiger partial charge in [0.15, 0.2) is 0 Å². The average molecular weight is 288 g/mol. The lowest BCUT2D eigenvalue weighted by molar-refractivity contribution is 0.190. The van der Waals surface area contributed by atoms with E-state index in [0.717, 1.165) is 11.1 Å². The van der Waals surface area contributed by atoms with Crippen molar-refractivity contribution in [3.8, 4) is 11.4 Å². The summed E-state index contributed by atoms with van der Waals surface area (Å²) in [5.41, 5.74) is 2.04. The topological polar surface area (TPSA) is 71.3 Å². The summed E-state index contributed by atoms with van der Waals surface area (Å²) in [7, 11) is 0. The molecule has 112 valence electrons. The molecule has 1 aromatic carbocycles. The zero-order chi connectivity index (χ0) is 15.2. The number of aromatic nitrogens is 2. The number of amides is 2. The van der Waals surface area contributed by atoms with E-state index in [4.69, 9.17) is 4.52 Å². The summed E-state index contributed by atoms with van der Waals surface area (Å²) in [4.78, 5) is 17.8. The highest BCUT2D eigenvalue weighted by atomic mass is 16.5. The SMILES string of the molecule is CCNC(=O)N(CC)Cc1nc(-c2cccc(C)c2)no1. The van der Waals surface area contributed by atoms with Crippen LogP contribution < -0.4 is 5.32 Å². The van der Waals surface area contributed by atoms with Crippen molar-refractivity contribution in [3.63, 3.8) is 0 Å². The second kappa shape index (κ2) is 6.88. The molecule has 0 bridgehead atoms. The molecule has 6 heteroatoms. The van der Waals surface area contributed by atoms with Gasteiger partial charge in [0.2, 0.25) is 11.7 Å². The fourth-order valence-electron chi connectivity index (χ4n) is 1.97. The predicted molar refractivity (Wildman–Crippen MR) is 79.6 cm³/mol. The standard InChI is InChI=1S/C15H20N4O2/c1-4-16-15(20)19(5-2)10-13-17-14(18-21-13)12-8-6-7-11(3)9-12/h6-9H,4-5,10H2,1-3H3,(H,16,20). The smallest absolute Gasteiger partial charge is 0.317 e. The van der Waals surface area contributed by atoms with Crippen LogP contribution in [-0.4, -0.2) is 34.2 Å². The Kier molecular flexibility index (Phi) is 4.92. The van der Waals surface area contributed by atoms with Crippen LogP contribution in [0.15, 0.2) is 28.8 Å². The quantitative estimate of drug-likeness (QED) is 0.918. The fourth-order valence-corrected chi connectivity index (χ4v) is 1.97. The van der Waals surface area contributed by atoms with Gasteiger partial charge in [-0.25, -0.2) is 4.79 Å². The molecule has 6 nitrogen and oxygen atoms in total. The number of aryl methyl sites for hydroxylation is 1. The summed E-state index contributed by atoms with van der Waals surface area (Å²) in [5.74, 6) is 0.972. The van der Waals surface area contributed by atoms with Crippen LogP contribution in [0.4, 0.5) is 4.79 Å². The van der Waals surface area contributed by atoms with E-state index < -0.39 is 0 Å². The first-order chi connectivity index (χ1) is 10.1. The summed E-state index contributed by atoms with van der Waals surface area (Å²) in [6, 6.07) is 7.76. The van der Waals surface area contributed by atoms with Crippen LogP contribution in [0.5, 0.6) is 0 Å². The van der Waals surface area contributed by atoms with Crippen LogP contribution in [0.25, 0.3) is 11.4 Å². The lowest BCUT2D eigenvalue weighted by atomic mass is 10.1. The average Bonchev–Trinajstić information content (AvgIpc) is 2.93. The molecular weight excluding hydrogens is 268 g/mol. The third kappa shape index (κ3) is 3.81. The molecule has 0 aliphatic rings. The Morgan fingerprint density at radius 3 is 2.86 bits per heavy atom. The van der Waals surface area contributed by atoms with Crippen molar-refractivity contribution in [2.75, 3.05) is 13.1 Å². The van der Waals surface area contributed by atoms with Gasteiger partial charge in [0.05, 0.1) is 0 Å². The van der Waals surface area contributed by atoms with Gasteiger partial charge in [0.1, 0.15) is 6.54 Å². The third-order valence-corrected chi connectivity index (χ3v) is 3.07. The summed E-state index contributed by atoms with van der Waals surface area (Å²) < 4.78 is 5.24. The number of urea groups is 1. The van der Waals surface area contributed by atoms with Gasteiger partial charge in [0.25, 0.3) is 0 Å². The molecule has 21 heavy (non-hydrogen) atoms. The Morgan fingerprint density at radius 1 is 1.38 bits per heavy atom. The molecule has 2 amide bonds. The first-order valence-electron chi connectivity index (χ1n) is 7.06. The molecule has 0 saturated carbocycles. The van der Waals surface area contributed by atoms with E-state index in [1.807, 2.05) is 45.0 Å². The van der Waals surface area contributed by atoms with Gasteiger partial charge >= 0.3 is 6.03 Å². The van der Waals surface area contributed by atoms with Crippen LogP contribution >= 0.6 is 0 Å². The highest BCUT2D eigenvalue weighted by Crippen LogP contribution is 2.17. The first kappa shape index (κ1) is 15.0. The first-order valence-corrected chi connectivity index (χ1v) is 7.06. The minimum Gasteiger partial charge on any atom is -0.338 e. The second-order valence-corrected chi connectivity index (χ2v) is 4.73. The van der Waals surface area contributed by atoms with E-state index in [2.05, 4.69) is 15.5 Å². The summed E-state index contributed by atoms with van der Waals surface area (Å²) in [6.07, 6.45) is 0. The van der Waals surface area contributed by atoms with Crippen LogP contribution in [0.2, 0.25) is 0 Å². The van der Waals surface area contributed by atoms with E-state index in [1.54, 1.807) is 4.90 Å². The van der Waals surface area contributed by atoms with Crippen LogP contribution in [-0.2, 0) is 6.54 Å². The number of carbonyl (C=O) groups is 1. The Balaban J connectivity index is 2.11. The number of hydrogen-bond acceptors (Lipinski definition) is 4. The molecule has 0 unspecified atom stereocenters. The maximum absolute atomic E-state index is 11.8. The van der Waals surface area contributed by atoms with Crippen molar-refractivity contribution in [2.45, 2.75) is 27.3 Å². The molecule has 1 heterocycles. The van der Waals surface area contributed by atoms with Crippen LogP contribution in [0.1, 0.15) is 25.3 Å². The van der Waals surface area contributed by atoms with Gasteiger partial charge in [-0.2, -0.15) is 4.98 Å². The highest BCUT2D eigenvalue weighted by Gasteiger charge is 2.16. The third-order valence-electron chi connectivity index (χ3n) is 3.07. The van der Waals surface area contributed by atoms with Crippen molar-refractivity contribution < 1.29 is 9.32 Å². The van der Waals surface area contributed by atoms with Crippen molar-refractivity contribution in [1.29, 1.82) is 0 Å². The highest BCUT2D eigenvalue weighted by molar-refractivity contribution is 5.73. The predicted octanol–water partition coefficient (Wildman–Crippen LogP) is 2.60. The molecule has 0 spiro atoms. The number of hydrogen-bond donors (Lipinski definition) is 1. The maximum atomic E-state index is 11.8. The van der Waals surface area contributed by atoms with Gasteiger partial charge in [0, 0.05) is 18.7 Å². The maximum Gasteiger partial charge on any atom is 0.317 e. The van der Waals surface area contributed by atoms with Gasteiger partial charge in [-0.05, 0) is 26.8 Å². The van der Waals surface area contributed by atoms with Crippen molar-refractivity contribution >= 4 is 6.03 Å². The van der Waals surface area contributed by atoms with Crippen LogP contribution in [0.3, 0.4) is 0 Å². The minimum atomic E-state index is -0.129. The van der Waals surface area contributed by atoms with E-state index in [0.29, 0.717) is 31.3 Å². The lowest BCUT2D eigenvalue weighted by Crippen LogP contribution is -2.39. The number of carbonyl (C=O) groups excluding carboxylic acids is 1. The molecule has 0 aliphatic heterocycles. The van der Waals surface area contributed by atoms with Crippen molar-refractivity contribution in [3.05, 3.63) is 35.7 Å². The Hall–Kier alpha value is -2.37. The van der Waals surface area contributed by atoms with Gasteiger partial charge in [-0.15, -0.1) is 0 Å². The number of nitrogens with zero attached hydrogens (tertiary/aromatic N) is 3. The molecule has 0 fully saturated rings. The molecule has 1 N–H and O–H groups in total. The fraction of sp³-hybridized carbons (Fsp3) is 0.400. The molecule has 0 atom stereocenters. The number of benzene rings is 1. The second-order valence-electron chi connectivity index (χ2n) is 4.73. The molecule has 0 aliphatic carbocycles. The molecule has 0 saturated heterocycles. The van der Waals surface area contributed by atoms with Crippen molar-refractivity contribution in [2.24, 2.45) is 0 Å². The van der Waals surface area contributed by atoms with Gasteiger partial charge < -0.3 is 14.7 Å². The van der Waals surface area contributed by atoms with Crippen LogP contribution in [0, 0.1) is 6.92 Å². The molecule has 2 aromatic rings. The van der Waals surface area contributed by atoms with E-state index in [1.165, 1.54) is 0 Å². The minimum absolute atomic E-state index is 0.129. The number of rotatable bonds is 5. The van der Waals surface area contributed by atoms with Crippen molar-refractivity contribution in [1.82, 2.24) is 20.4 Å². The summed E-state index contributed by atoms with van der Waals surface area (Å²) in [5, 5.41) is 6.74. The Bertz CT molecular complexity index is 609. The molecule has 2 rings (SSSR count). The normalized spacial score (nSPS) is 10.4. The monoisotopic (exact) mass is 288 g/mol. The number of nitrogens with one attached hydrogen (secondary N) is 1. The van der Waals surface area contributed by atoms with E-state index in [-0.39, 0.29) is 6.03 Å². The van der Waals surface area contributed by atoms with E-state index in [9.17, 15) is 4.79 Å². The summed E-state index contributed by atoms with van der Waals surface area (Å²) in [6.45, 7) is 7.28. The lowest BCUT2D eigenvalue weighted by Gasteiger charge is -2.18. The molecule has 1 aromatic heterocycles. The zero-order valence-corrected chi connectivity index (χ0v) is 12.6. The Morgan fingerprint density at radius 2 is 2.19 bits per heavy atom.